The number of carbonyl (C=O) groups excluding carboxylic acids is 2. The first kappa shape index (κ1) is 19.4. The van der Waals surface area contributed by atoms with Crippen molar-refractivity contribution < 1.29 is 19.1 Å². The Morgan fingerprint density at radius 3 is 2.36 bits per heavy atom. The van der Waals surface area contributed by atoms with Gasteiger partial charge in [0.05, 0.1) is 13.0 Å². The number of benzene rings is 3. The van der Waals surface area contributed by atoms with E-state index in [2.05, 4.69) is 0 Å². The number of fused-ring (bicyclic) bond motifs is 1. The van der Waals surface area contributed by atoms with E-state index in [9.17, 15) is 9.59 Å². The molecule has 0 N–H and O–H groups in total. The Morgan fingerprint density at radius 2 is 1.64 bits per heavy atom. The summed E-state index contributed by atoms with van der Waals surface area (Å²) in [6.45, 7) is 1.70. The van der Waals surface area contributed by atoms with Crippen molar-refractivity contribution in [1.29, 1.82) is 0 Å². The standard InChI is InChI=1S/C23H23NO4/c1-16(18-9-10-20-14-21(27-3)12-11-19(20)13-18)23(26)28-15-24(2)22(25)17-7-5-4-6-8-17/h4-14,16H,15H2,1-3H3/t16-/m0/s1. The van der Waals surface area contributed by atoms with Crippen molar-refractivity contribution in [3.05, 3.63) is 77.9 Å². The number of esters is 1. The first-order valence-corrected chi connectivity index (χ1v) is 9.04. The molecular formula is C23H23NO4. The van der Waals surface area contributed by atoms with Gasteiger partial charge >= 0.3 is 5.97 Å². The van der Waals surface area contributed by atoms with Gasteiger partial charge in [0.25, 0.3) is 5.91 Å². The molecule has 3 rings (SSSR count). The summed E-state index contributed by atoms with van der Waals surface area (Å²) in [5.41, 5.74) is 1.42. The van der Waals surface area contributed by atoms with E-state index in [1.54, 1.807) is 45.3 Å². The van der Waals surface area contributed by atoms with E-state index in [4.69, 9.17) is 9.47 Å². The van der Waals surface area contributed by atoms with Crippen LogP contribution in [0.4, 0.5) is 0 Å². The molecule has 0 radical (unpaired) electrons. The van der Waals surface area contributed by atoms with E-state index < -0.39 is 5.92 Å². The van der Waals surface area contributed by atoms with Gasteiger partial charge in [-0.1, -0.05) is 42.5 Å². The van der Waals surface area contributed by atoms with Gasteiger partial charge in [0.15, 0.2) is 6.73 Å². The van der Waals surface area contributed by atoms with Crippen molar-refractivity contribution >= 4 is 22.6 Å². The molecule has 3 aromatic carbocycles. The van der Waals surface area contributed by atoms with Crippen molar-refractivity contribution in [1.82, 2.24) is 4.90 Å². The van der Waals surface area contributed by atoms with Crippen LogP contribution in [0, 0.1) is 0 Å². The first-order valence-electron chi connectivity index (χ1n) is 9.04. The molecular weight excluding hydrogens is 354 g/mol. The Hall–Kier alpha value is -3.34. The fraction of sp³-hybridized carbons (Fsp3) is 0.217. The number of hydrogen-bond donors (Lipinski definition) is 0. The summed E-state index contributed by atoms with van der Waals surface area (Å²) in [6, 6.07) is 20.5. The lowest BCUT2D eigenvalue weighted by Gasteiger charge is -2.19. The fourth-order valence-electron chi connectivity index (χ4n) is 2.92. The predicted molar refractivity (Wildman–Crippen MR) is 108 cm³/mol. The molecule has 0 aliphatic heterocycles. The maximum atomic E-state index is 12.5. The SMILES string of the molecule is COc1ccc2cc([C@H](C)C(=O)OCN(C)C(=O)c3ccccc3)ccc2c1. The van der Waals surface area contributed by atoms with Crippen LogP contribution in [0.25, 0.3) is 10.8 Å². The summed E-state index contributed by atoms with van der Waals surface area (Å²) in [4.78, 5) is 26.2. The highest BCUT2D eigenvalue weighted by molar-refractivity contribution is 5.94. The largest absolute Gasteiger partial charge is 0.497 e. The van der Waals surface area contributed by atoms with E-state index in [0.717, 1.165) is 22.1 Å². The number of hydrogen-bond acceptors (Lipinski definition) is 4. The van der Waals surface area contributed by atoms with Crippen molar-refractivity contribution in [2.24, 2.45) is 0 Å². The molecule has 0 fully saturated rings. The third-order valence-corrected chi connectivity index (χ3v) is 4.69. The number of rotatable bonds is 6. The summed E-state index contributed by atoms with van der Waals surface area (Å²) in [6.07, 6.45) is 0. The van der Waals surface area contributed by atoms with Gasteiger partial charge in [0.2, 0.25) is 0 Å². The lowest BCUT2D eigenvalue weighted by molar-refractivity contribution is -0.148. The van der Waals surface area contributed by atoms with Crippen molar-refractivity contribution in [2.45, 2.75) is 12.8 Å². The van der Waals surface area contributed by atoms with Gasteiger partial charge in [-0.2, -0.15) is 0 Å². The highest BCUT2D eigenvalue weighted by Gasteiger charge is 2.19. The zero-order chi connectivity index (χ0) is 20.1. The van der Waals surface area contributed by atoms with E-state index in [-0.39, 0.29) is 18.6 Å². The summed E-state index contributed by atoms with van der Waals surface area (Å²) in [7, 11) is 3.24. The topological polar surface area (TPSA) is 55.8 Å². The quantitative estimate of drug-likeness (QED) is 0.477. The minimum atomic E-state index is -0.438. The molecule has 0 aromatic heterocycles. The van der Waals surface area contributed by atoms with Crippen LogP contribution in [-0.2, 0) is 9.53 Å². The fourth-order valence-corrected chi connectivity index (χ4v) is 2.92. The lowest BCUT2D eigenvalue weighted by atomic mass is 9.98. The van der Waals surface area contributed by atoms with Gasteiger partial charge in [0, 0.05) is 12.6 Å². The second kappa shape index (κ2) is 8.57. The second-order valence-corrected chi connectivity index (χ2v) is 6.66. The smallest absolute Gasteiger partial charge is 0.314 e. The van der Waals surface area contributed by atoms with E-state index in [1.165, 1.54) is 4.90 Å². The molecule has 28 heavy (non-hydrogen) atoms. The molecule has 0 unspecified atom stereocenters. The van der Waals surface area contributed by atoms with Crippen LogP contribution in [0.2, 0.25) is 0 Å². The number of nitrogens with zero attached hydrogens (tertiary/aromatic N) is 1. The summed E-state index contributed by atoms with van der Waals surface area (Å²) >= 11 is 0. The highest BCUT2D eigenvalue weighted by atomic mass is 16.5. The highest BCUT2D eigenvalue weighted by Crippen LogP contribution is 2.25. The molecule has 144 valence electrons. The number of carbonyl (C=O) groups is 2. The lowest BCUT2D eigenvalue weighted by Crippen LogP contribution is -2.31. The van der Waals surface area contributed by atoms with E-state index in [1.807, 2.05) is 42.5 Å². The van der Waals surface area contributed by atoms with Crippen molar-refractivity contribution in [3.8, 4) is 5.75 Å². The first-order chi connectivity index (χ1) is 13.5. The molecule has 0 aliphatic rings. The van der Waals surface area contributed by atoms with Crippen LogP contribution < -0.4 is 4.74 Å². The maximum Gasteiger partial charge on any atom is 0.314 e. The van der Waals surface area contributed by atoms with Crippen LogP contribution in [-0.4, -0.2) is 37.7 Å². The van der Waals surface area contributed by atoms with Gasteiger partial charge in [-0.25, -0.2) is 0 Å². The monoisotopic (exact) mass is 377 g/mol. The van der Waals surface area contributed by atoms with Crippen molar-refractivity contribution in [3.63, 3.8) is 0 Å². The van der Waals surface area contributed by atoms with Gasteiger partial charge < -0.3 is 14.4 Å². The van der Waals surface area contributed by atoms with Crippen molar-refractivity contribution in [2.75, 3.05) is 20.9 Å². The van der Waals surface area contributed by atoms with Crippen LogP contribution in [0.3, 0.4) is 0 Å². The zero-order valence-corrected chi connectivity index (χ0v) is 16.2. The van der Waals surface area contributed by atoms with Crippen LogP contribution >= 0.6 is 0 Å². The third kappa shape index (κ3) is 4.31. The molecule has 1 amide bonds. The van der Waals surface area contributed by atoms with Crippen LogP contribution in [0.5, 0.6) is 5.75 Å². The molecule has 3 aromatic rings. The average molecular weight is 377 g/mol. The number of ether oxygens (including phenoxy) is 2. The summed E-state index contributed by atoms with van der Waals surface area (Å²) in [5.74, 6) is -0.216. The molecule has 1 atom stereocenters. The van der Waals surface area contributed by atoms with E-state index >= 15 is 0 Å². The molecule has 0 spiro atoms. The van der Waals surface area contributed by atoms with Gasteiger partial charge in [-0.05, 0) is 47.5 Å². The van der Waals surface area contributed by atoms with Crippen LogP contribution in [0.1, 0.15) is 28.8 Å². The summed E-state index contributed by atoms with van der Waals surface area (Å²) < 4.78 is 10.6. The minimum Gasteiger partial charge on any atom is -0.497 e. The molecule has 0 saturated heterocycles. The normalized spacial score (nSPS) is 11.7. The Balaban J connectivity index is 1.64. The van der Waals surface area contributed by atoms with Crippen LogP contribution in [0.15, 0.2) is 66.7 Å². The molecule has 0 aliphatic carbocycles. The average Bonchev–Trinajstić information content (AvgIpc) is 2.75. The third-order valence-electron chi connectivity index (χ3n) is 4.69. The Bertz CT molecular complexity index is 984. The van der Waals surface area contributed by atoms with Gasteiger partial charge in [-0.15, -0.1) is 0 Å². The summed E-state index contributed by atoms with van der Waals surface area (Å²) in [5, 5.41) is 2.06. The predicted octanol–water partition coefficient (Wildman–Crippen LogP) is 4.22. The number of methoxy groups -OCH3 is 1. The molecule has 0 heterocycles. The Morgan fingerprint density at radius 1 is 0.964 bits per heavy atom. The Labute approximate surface area is 164 Å². The molecule has 5 heteroatoms. The minimum absolute atomic E-state index is 0.0956. The molecule has 0 bridgehead atoms. The molecule has 0 saturated carbocycles. The van der Waals surface area contributed by atoms with Gasteiger partial charge in [-0.3, -0.25) is 9.59 Å². The Kier molecular flexibility index (Phi) is 5.94. The zero-order valence-electron chi connectivity index (χ0n) is 16.2. The molecule has 5 nitrogen and oxygen atoms in total. The maximum absolute atomic E-state index is 12.5. The number of amides is 1. The second-order valence-electron chi connectivity index (χ2n) is 6.66. The van der Waals surface area contributed by atoms with Gasteiger partial charge in [0.1, 0.15) is 5.75 Å². The van der Waals surface area contributed by atoms with E-state index in [0.29, 0.717) is 5.56 Å².